The topological polar surface area (TPSA) is 37.8 Å². The lowest BCUT2D eigenvalue weighted by Crippen LogP contribution is -2.22. The van der Waals surface area contributed by atoms with Crippen molar-refractivity contribution >= 4 is 0 Å². The number of aryl methyl sites for hydroxylation is 1. The molecule has 1 atom stereocenters. The van der Waals surface area contributed by atoms with Gasteiger partial charge in [-0.15, -0.1) is 0 Å². The highest BCUT2D eigenvalue weighted by Crippen LogP contribution is 2.15. The van der Waals surface area contributed by atoms with Gasteiger partial charge in [0.05, 0.1) is 6.04 Å². The zero-order valence-corrected chi connectivity index (χ0v) is 9.95. The Kier molecular flexibility index (Phi) is 5.26. The van der Waals surface area contributed by atoms with E-state index in [1.807, 2.05) is 19.3 Å². The van der Waals surface area contributed by atoms with Gasteiger partial charge in [-0.05, 0) is 25.5 Å². The number of nitrogens with one attached hydrogen (secondary N) is 1. The monoisotopic (exact) mass is 207 g/mol. The minimum absolute atomic E-state index is 0.315. The predicted octanol–water partition coefficient (Wildman–Crippen LogP) is 2.63. The highest BCUT2D eigenvalue weighted by atomic mass is 15.0. The second kappa shape index (κ2) is 6.51. The van der Waals surface area contributed by atoms with E-state index in [4.69, 9.17) is 0 Å². The van der Waals surface area contributed by atoms with E-state index in [1.165, 1.54) is 12.8 Å². The number of nitrogens with zero attached hydrogens (tertiary/aromatic N) is 2. The summed E-state index contributed by atoms with van der Waals surface area (Å²) in [5.41, 5.74) is 1.12. The smallest absolute Gasteiger partial charge is 0.145 e. The normalized spacial score (nSPS) is 12.7. The second-order valence-corrected chi connectivity index (χ2v) is 3.87. The van der Waals surface area contributed by atoms with Crippen molar-refractivity contribution in [1.29, 1.82) is 0 Å². The predicted molar refractivity (Wildman–Crippen MR) is 62.7 cm³/mol. The van der Waals surface area contributed by atoms with Crippen molar-refractivity contribution in [3.8, 4) is 0 Å². The first-order chi connectivity index (χ1) is 7.27. The fourth-order valence-electron chi connectivity index (χ4n) is 1.56. The van der Waals surface area contributed by atoms with Crippen LogP contribution in [0.4, 0.5) is 0 Å². The SMILES string of the molecule is CCCCC(NCC)c1ncc(C)cn1. The maximum absolute atomic E-state index is 4.38. The molecule has 1 N–H and O–H groups in total. The van der Waals surface area contributed by atoms with E-state index < -0.39 is 0 Å². The fraction of sp³-hybridized carbons (Fsp3) is 0.667. The summed E-state index contributed by atoms with van der Waals surface area (Å²) < 4.78 is 0. The summed E-state index contributed by atoms with van der Waals surface area (Å²) in [6.45, 7) is 7.30. The standard InChI is InChI=1S/C12H21N3/c1-4-6-7-11(13-5-2)12-14-8-10(3)9-15-12/h8-9,11,13H,4-7H2,1-3H3. The zero-order chi connectivity index (χ0) is 11.1. The zero-order valence-electron chi connectivity index (χ0n) is 9.95. The lowest BCUT2D eigenvalue weighted by Gasteiger charge is -2.15. The molecule has 0 saturated heterocycles. The largest absolute Gasteiger partial charge is 0.308 e. The summed E-state index contributed by atoms with van der Waals surface area (Å²) in [6, 6.07) is 0.315. The van der Waals surface area contributed by atoms with E-state index in [0.29, 0.717) is 6.04 Å². The van der Waals surface area contributed by atoms with Crippen molar-refractivity contribution in [1.82, 2.24) is 15.3 Å². The van der Waals surface area contributed by atoms with Crippen LogP contribution >= 0.6 is 0 Å². The lowest BCUT2D eigenvalue weighted by atomic mass is 10.1. The third-order valence-corrected chi connectivity index (χ3v) is 2.41. The molecule has 0 radical (unpaired) electrons. The van der Waals surface area contributed by atoms with Crippen LogP contribution in [0.25, 0.3) is 0 Å². The molecular formula is C12H21N3. The molecule has 3 nitrogen and oxygen atoms in total. The molecule has 0 spiro atoms. The van der Waals surface area contributed by atoms with Crippen molar-refractivity contribution in [2.45, 2.75) is 46.1 Å². The van der Waals surface area contributed by atoms with Gasteiger partial charge in [-0.3, -0.25) is 0 Å². The Hall–Kier alpha value is -0.960. The van der Waals surface area contributed by atoms with E-state index in [9.17, 15) is 0 Å². The maximum atomic E-state index is 4.38. The molecule has 0 saturated carbocycles. The van der Waals surface area contributed by atoms with Crippen molar-refractivity contribution in [2.75, 3.05) is 6.54 Å². The number of rotatable bonds is 6. The molecule has 0 aromatic carbocycles. The maximum Gasteiger partial charge on any atom is 0.145 e. The number of hydrogen-bond donors (Lipinski definition) is 1. The van der Waals surface area contributed by atoms with Gasteiger partial charge in [0.2, 0.25) is 0 Å². The van der Waals surface area contributed by atoms with Crippen LogP contribution < -0.4 is 5.32 Å². The summed E-state index contributed by atoms with van der Waals surface area (Å²) in [4.78, 5) is 8.75. The third kappa shape index (κ3) is 3.96. The molecule has 3 heteroatoms. The number of aromatic nitrogens is 2. The minimum Gasteiger partial charge on any atom is -0.308 e. The highest BCUT2D eigenvalue weighted by molar-refractivity contribution is 5.04. The quantitative estimate of drug-likeness (QED) is 0.779. The van der Waals surface area contributed by atoms with Crippen LogP contribution in [-0.4, -0.2) is 16.5 Å². The Morgan fingerprint density at radius 3 is 2.47 bits per heavy atom. The van der Waals surface area contributed by atoms with Gasteiger partial charge in [0, 0.05) is 12.4 Å². The van der Waals surface area contributed by atoms with Crippen LogP contribution in [0.2, 0.25) is 0 Å². The van der Waals surface area contributed by atoms with Crippen LogP contribution in [0.5, 0.6) is 0 Å². The van der Waals surface area contributed by atoms with Crippen LogP contribution in [0.3, 0.4) is 0 Å². The number of hydrogen-bond acceptors (Lipinski definition) is 3. The molecule has 0 fully saturated rings. The van der Waals surface area contributed by atoms with E-state index in [1.54, 1.807) is 0 Å². The Bertz CT molecular complexity index is 269. The Balaban J connectivity index is 2.65. The van der Waals surface area contributed by atoms with Gasteiger partial charge >= 0.3 is 0 Å². The van der Waals surface area contributed by atoms with Crippen LogP contribution in [0.15, 0.2) is 12.4 Å². The molecule has 84 valence electrons. The van der Waals surface area contributed by atoms with Crippen LogP contribution in [0, 0.1) is 6.92 Å². The second-order valence-electron chi connectivity index (χ2n) is 3.87. The van der Waals surface area contributed by atoms with E-state index >= 15 is 0 Å². The molecule has 1 aromatic rings. The van der Waals surface area contributed by atoms with Crippen molar-refractivity contribution in [3.05, 3.63) is 23.8 Å². The van der Waals surface area contributed by atoms with Crippen LogP contribution in [0.1, 0.15) is 50.5 Å². The summed E-state index contributed by atoms with van der Waals surface area (Å²) in [7, 11) is 0. The summed E-state index contributed by atoms with van der Waals surface area (Å²) in [5, 5.41) is 3.43. The molecule has 1 aromatic heterocycles. The van der Waals surface area contributed by atoms with Gasteiger partial charge in [-0.25, -0.2) is 9.97 Å². The first kappa shape index (κ1) is 12.1. The van der Waals surface area contributed by atoms with Gasteiger partial charge in [-0.2, -0.15) is 0 Å². The summed E-state index contributed by atoms with van der Waals surface area (Å²) in [5.74, 6) is 0.927. The minimum atomic E-state index is 0.315. The molecule has 1 heterocycles. The molecule has 0 amide bonds. The fourth-order valence-corrected chi connectivity index (χ4v) is 1.56. The third-order valence-electron chi connectivity index (χ3n) is 2.41. The molecule has 0 bridgehead atoms. The molecule has 0 aliphatic carbocycles. The highest BCUT2D eigenvalue weighted by Gasteiger charge is 2.11. The van der Waals surface area contributed by atoms with E-state index in [0.717, 1.165) is 24.4 Å². The molecule has 0 aliphatic rings. The van der Waals surface area contributed by atoms with Gasteiger partial charge in [0.25, 0.3) is 0 Å². The van der Waals surface area contributed by atoms with Crippen molar-refractivity contribution < 1.29 is 0 Å². The van der Waals surface area contributed by atoms with Gasteiger partial charge in [0.1, 0.15) is 5.82 Å². The average Bonchev–Trinajstić information content (AvgIpc) is 2.25. The first-order valence-corrected chi connectivity index (χ1v) is 5.79. The Morgan fingerprint density at radius 2 is 1.93 bits per heavy atom. The van der Waals surface area contributed by atoms with E-state index in [-0.39, 0.29) is 0 Å². The summed E-state index contributed by atoms with van der Waals surface area (Å²) >= 11 is 0. The van der Waals surface area contributed by atoms with Gasteiger partial charge < -0.3 is 5.32 Å². The Morgan fingerprint density at radius 1 is 1.27 bits per heavy atom. The van der Waals surface area contributed by atoms with Crippen molar-refractivity contribution in [3.63, 3.8) is 0 Å². The summed E-state index contributed by atoms with van der Waals surface area (Å²) in [6.07, 6.45) is 7.33. The van der Waals surface area contributed by atoms with Gasteiger partial charge in [0.15, 0.2) is 0 Å². The van der Waals surface area contributed by atoms with Crippen LogP contribution in [-0.2, 0) is 0 Å². The average molecular weight is 207 g/mol. The molecule has 15 heavy (non-hydrogen) atoms. The lowest BCUT2D eigenvalue weighted by molar-refractivity contribution is 0.472. The van der Waals surface area contributed by atoms with Crippen molar-refractivity contribution in [2.24, 2.45) is 0 Å². The Labute approximate surface area is 92.3 Å². The molecule has 0 aliphatic heterocycles. The first-order valence-electron chi connectivity index (χ1n) is 5.79. The van der Waals surface area contributed by atoms with Gasteiger partial charge in [-0.1, -0.05) is 26.7 Å². The number of unbranched alkanes of at least 4 members (excludes halogenated alkanes) is 1. The molecule has 1 rings (SSSR count). The molecular weight excluding hydrogens is 186 g/mol. The van der Waals surface area contributed by atoms with E-state index in [2.05, 4.69) is 29.1 Å². The molecule has 1 unspecified atom stereocenters.